The Labute approximate surface area is 148 Å². The predicted molar refractivity (Wildman–Crippen MR) is 96.5 cm³/mol. The molecule has 7 heteroatoms. The summed E-state index contributed by atoms with van der Waals surface area (Å²) in [7, 11) is 0. The molecule has 0 spiro atoms. The first-order valence-electron chi connectivity index (χ1n) is 7.34. The average molecular weight is 398 g/mol. The lowest BCUT2D eigenvalue weighted by Crippen LogP contribution is -2.08. The van der Waals surface area contributed by atoms with Gasteiger partial charge in [-0.2, -0.15) is 5.10 Å². The first-order chi connectivity index (χ1) is 11.0. The first kappa shape index (κ1) is 17.7. The molecule has 0 aliphatic carbocycles. The molecule has 23 heavy (non-hydrogen) atoms. The molecule has 0 aliphatic rings. The summed E-state index contributed by atoms with van der Waals surface area (Å²) in [6, 6.07) is 3.53. The molecule has 0 aromatic carbocycles. The molecule has 0 unspecified atom stereocenters. The molecule has 0 saturated heterocycles. The molecule has 0 atom stereocenters. The van der Waals surface area contributed by atoms with Gasteiger partial charge in [0.05, 0.1) is 5.69 Å². The van der Waals surface area contributed by atoms with Crippen LogP contribution in [-0.4, -0.2) is 20.7 Å². The average Bonchev–Trinajstić information content (AvgIpc) is 2.79. The van der Waals surface area contributed by atoms with E-state index >= 15 is 0 Å². The van der Waals surface area contributed by atoms with Crippen molar-refractivity contribution in [2.24, 2.45) is 0 Å². The van der Waals surface area contributed by atoms with E-state index in [0.717, 1.165) is 35.1 Å². The van der Waals surface area contributed by atoms with E-state index in [1.54, 1.807) is 23.0 Å². The lowest BCUT2D eigenvalue weighted by molar-refractivity contribution is -0.111. The standard InChI is InChI=1S/C16H18BrClN4O/c1-3-4-9-22-16(18)13(11(2)21-22)6-8-15(23)20-14-7-5-12(17)10-19-14/h5-8,10H,3-4,9H2,1-2H3,(H,19,20,23)/b8-6+. The van der Waals surface area contributed by atoms with Crippen LogP contribution in [0.3, 0.4) is 0 Å². The molecule has 5 nitrogen and oxygen atoms in total. The smallest absolute Gasteiger partial charge is 0.249 e. The molecule has 0 aliphatic heterocycles. The molecule has 2 rings (SSSR count). The van der Waals surface area contributed by atoms with Crippen LogP contribution in [0.4, 0.5) is 5.82 Å². The number of carbonyl (C=O) groups is 1. The third kappa shape index (κ3) is 4.91. The number of pyridine rings is 1. The van der Waals surface area contributed by atoms with Crippen LogP contribution < -0.4 is 5.32 Å². The van der Waals surface area contributed by atoms with E-state index in [9.17, 15) is 4.79 Å². The Morgan fingerprint density at radius 1 is 1.48 bits per heavy atom. The topological polar surface area (TPSA) is 59.8 Å². The molecule has 1 amide bonds. The molecule has 0 radical (unpaired) electrons. The number of unbranched alkanes of at least 4 members (excludes halogenated alkanes) is 1. The van der Waals surface area contributed by atoms with Crippen LogP contribution in [0.2, 0.25) is 5.15 Å². The Morgan fingerprint density at radius 3 is 2.91 bits per heavy atom. The Bertz CT molecular complexity index is 710. The van der Waals surface area contributed by atoms with Gasteiger partial charge in [0.1, 0.15) is 11.0 Å². The van der Waals surface area contributed by atoms with Crippen molar-refractivity contribution in [1.82, 2.24) is 14.8 Å². The van der Waals surface area contributed by atoms with E-state index in [1.165, 1.54) is 6.08 Å². The fourth-order valence-electron chi connectivity index (χ4n) is 1.99. The van der Waals surface area contributed by atoms with Crippen LogP contribution in [0.25, 0.3) is 6.08 Å². The number of hydrogen-bond donors (Lipinski definition) is 1. The second kappa shape index (κ2) is 8.26. The summed E-state index contributed by atoms with van der Waals surface area (Å²) in [6.07, 6.45) is 6.83. The first-order valence-corrected chi connectivity index (χ1v) is 8.52. The highest BCUT2D eigenvalue weighted by molar-refractivity contribution is 9.10. The van der Waals surface area contributed by atoms with Gasteiger partial charge in [0.25, 0.3) is 0 Å². The molecule has 122 valence electrons. The largest absolute Gasteiger partial charge is 0.307 e. The summed E-state index contributed by atoms with van der Waals surface area (Å²) in [5, 5.41) is 7.65. The third-order valence-corrected chi connectivity index (χ3v) is 4.08. The Hall–Kier alpha value is -1.66. The minimum Gasteiger partial charge on any atom is -0.307 e. The lowest BCUT2D eigenvalue weighted by atomic mass is 10.2. The van der Waals surface area contributed by atoms with Crippen LogP contribution in [0.1, 0.15) is 31.0 Å². The highest BCUT2D eigenvalue weighted by Gasteiger charge is 2.11. The van der Waals surface area contributed by atoms with Gasteiger partial charge in [0.15, 0.2) is 0 Å². The summed E-state index contributed by atoms with van der Waals surface area (Å²) in [4.78, 5) is 16.0. The van der Waals surface area contributed by atoms with Gasteiger partial charge in [-0.15, -0.1) is 0 Å². The zero-order chi connectivity index (χ0) is 16.8. The molecular weight excluding hydrogens is 380 g/mol. The van der Waals surface area contributed by atoms with Gasteiger partial charge in [-0.25, -0.2) is 4.98 Å². The van der Waals surface area contributed by atoms with E-state index < -0.39 is 0 Å². The van der Waals surface area contributed by atoms with Crippen molar-refractivity contribution >= 4 is 45.3 Å². The monoisotopic (exact) mass is 396 g/mol. The molecule has 2 aromatic rings. The van der Waals surface area contributed by atoms with Gasteiger partial charge >= 0.3 is 0 Å². The number of halogens is 2. The summed E-state index contributed by atoms with van der Waals surface area (Å²) in [5.74, 6) is 0.223. The Balaban J connectivity index is 2.05. The van der Waals surface area contributed by atoms with Crippen LogP contribution >= 0.6 is 27.5 Å². The van der Waals surface area contributed by atoms with Gasteiger partial charge in [0, 0.05) is 28.9 Å². The summed E-state index contributed by atoms with van der Waals surface area (Å²) < 4.78 is 2.63. The van der Waals surface area contributed by atoms with Crippen molar-refractivity contribution in [3.63, 3.8) is 0 Å². The van der Waals surface area contributed by atoms with Crippen molar-refractivity contribution in [3.8, 4) is 0 Å². The van der Waals surface area contributed by atoms with E-state index in [0.29, 0.717) is 11.0 Å². The molecular formula is C16H18BrClN4O. The molecule has 2 heterocycles. The maximum atomic E-state index is 12.0. The van der Waals surface area contributed by atoms with Gasteiger partial charge in [-0.1, -0.05) is 24.9 Å². The van der Waals surface area contributed by atoms with E-state index in [-0.39, 0.29) is 5.91 Å². The molecule has 0 saturated carbocycles. The van der Waals surface area contributed by atoms with Crippen molar-refractivity contribution in [3.05, 3.63) is 45.3 Å². The van der Waals surface area contributed by atoms with Crippen LogP contribution in [-0.2, 0) is 11.3 Å². The van der Waals surface area contributed by atoms with Crippen LogP contribution in [0.15, 0.2) is 28.9 Å². The maximum Gasteiger partial charge on any atom is 0.249 e. The number of amides is 1. The Morgan fingerprint density at radius 2 is 2.26 bits per heavy atom. The van der Waals surface area contributed by atoms with Gasteiger partial charge < -0.3 is 5.32 Å². The number of carbonyl (C=O) groups excluding carboxylic acids is 1. The molecule has 1 N–H and O–H groups in total. The normalized spacial score (nSPS) is 11.1. The van der Waals surface area contributed by atoms with Crippen molar-refractivity contribution in [2.75, 3.05) is 5.32 Å². The zero-order valence-electron chi connectivity index (χ0n) is 13.0. The molecule has 0 fully saturated rings. The minimum atomic E-state index is -0.267. The fourth-order valence-corrected chi connectivity index (χ4v) is 2.55. The summed E-state index contributed by atoms with van der Waals surface area (Å²) >= 11 is 9.62. The quantitative estimate of drug-likeness (QED) is 0.732. The molecule has 0 bridgehead atoms. The third-order valence-electron chi connectivity index (χ3n) is 3.21. The Kier molecular flexibility index (Phi) is 6.36. The van der Waals surface area contributed by atoms with Crippen LogP contribution in [0.5, 0.6) is 0 Å². The van der Waals surface area contributed by atoms with Gasteiger partial charge in [-0.05, 0) is 47.5 Å². The highest BCUT2D eigenvalue weighted by atomic mass is 79.9. The van der Waals surface area contributed by atoms with E-state index in [2.05, 4.69) is 38.3 Å². The minimum absolute atomic E-state index is 0.267. The van der Waals surface area contributed by atoms with Crippen molar-refractivity contribution < 1.29 is 4.79 Å². The van der Waals surface area contributed by atoms with Crippen molar-refractivity contribution in [2.45, 2.75) is 33.2 Å². The number of nitrogens with zero attached hydrogens (tertiary/aromatic N) is 3. The number of aromatic nitrogens is 3. The fraction of sp³-hybridized carbons (Fsp3) is 0.312. The van der Waals surface area contributed by atoms with Gasteiger partial charge in [-0.3, -0.25) is 9.48 Å². The number of hydrogen-bond acceptors (Lipinski definition) is 3. The maximum absolute atomic E-state index is 12.0. The summed E-state index contributed by atoms with van der Waals surface area (Å²) in [6.45, 7) is 4.77. The van der Waals surface area contributed by atoms with Crippen LogP contribution in [0, 0.1) is 6.92 Å². The molecule has 2 aromatic heterocycles. The van der Waals surface area contributed by atoms with E-state index in [1.807, 2.05) is 13.0 Å². The second-order valence-electron chi connectivity index (χ2n) is 5.05. The SMILES string of the molecule is CCCCn1nc(C)c(/C=C/C(=O)Nc2ccc(Br)cn2)c1Cl. The number of aryl methyl sites for hydroxylation is 2. The zero-order valence-corrected chi connectivity index (χ0v) is 15.4. The summed E-state index contributed by atoms with van der Waals surface area (Å²) in [5.41, 5.74) is 1.57. The number of anilines is 1. The highest BCUT2D eigenvalue weighted by Crippen LogP contribution is 2.21. The second-order valence-corrected chi connectivity index (χ2v) is 6.32. The van der Waals surface area contributed by atoms with Gasteiger partial charge in [0.2, 0.25) is 5.91 Å². The lowest BCUT2D eigenvalue weighted by Gasteiger charge is -2.01. The predicted octanol–water partition coefficient (Wildman–Crippen LogP) is 4.45. The van der Waals surface area contributed by atoms with E-state index in [4.69, 9.17) is 11.6 Å². The number of rotatable bonds is 6. The number of nitrogens with one attached hydrogen (secondary N) is 1. The van der Waals surface area contributed by atoms with Crippen molar-refractivity contribution in [1.29, 1.82) is 0 Å².